The molecular weight excluding hydrogens is 349 g/mol. The van der Waals surface area contributed by atoms with Gasteiger partial charge in [0.25, 0.3) is 0 Å². The van der Waals surface area contributed by atoms with Crippen molar-refractivity contribution < 1.29 is 27.8 Å². The Hall–Kier alpha value is -3.16. The third-order valence-electron chi connectivity index (χ3n) is 3.54. The number of halogens is 3. The summed E-state index contributed by atoms with van der Waals surface area (Å²) in [6.07, 6.45) is 0.398. The first-order valence-electron chi connectivity index (χ1n) is 7.68. The van der Waals surface area contributed by atoms with Crippen LogP contribution in [0, 0.1) is 0 Å². The Labute approximate surface area is 147 Å². The van der Waals surface area contributed by atoms with Crippen LogP contribution in [-0.2, 0) is 6.54 Å². The zero-order valence-corrected chi connectivity index (χ0v) is 13.5. The van der Waals surface area contributed by atoms with Crippen molar-refractivity contribution in [1.82, 2.24) is 9.55 Å². The highest BCUT2D eigenvalue weighted by Gasteiger charge is 2.31. The van der Waals surface area contributed by atoms with Crippen molar-refractivity contribution in [2.24, 2.45) is 0 Å². The fourth-order valence-electron chi connectivity index (χ4n) is 2.36. The third-order valence-corrected chi connectivity index (χ3v) is 3.54. The van der Waals surface area contributed by atoms with Crippen molar-refractivity contribution >= 4 is 0 Å². The molecule has 2 aromatic carbocycles. The van der Waals surface area contributed by atoms with Crippen LogP contribution in [0.4, 0.5) is 13.2 Å². The van der Waals surface area contributed by atoms with E-state index in [2.05, 4.69) is 9.72 Å². The van der Waals surface area contributed by atoms with E-state index in [0.29, 0.717) is 24.5 Å². The highest BCUT2D eigenvalue weighted by molar-refractivity contribution is 5.72. The number of benzene rings is 2. The number of rotatable bonds is 6. The summed E-state index contributed by atoms with van der Waals surface area (Å²) in [5, 5.41) is 9.93. The molecule has 1 heterocycles. The van der Waals surface area contributed by atoms with E-state index in [1.165, 1.54) is 0 Å². The molecule has 0 aliphatic heterocycles. The fourth-order valence-corrected chi connectivity index (χ4v) is 2.36. The first-order valence-corrected chi connectivity index (χ1v) is 7.68. The molecule has 0 saturated carbocycles. The van der Waals surface area contributed by atoms with Crippen LogP contribution in [0.25, 0.3) is 11.1 Å². The number of ether oxygens (including phenoxy) is 2. The molecule has 0 fully saturated rings. The van der Waals surface area contributed by atoms with E-state index in [4.69, 9.17) is 4.74 Å². The minimum atomic E-state index is -4.79. The maximum atomic E-state index is 12.3. The van der Waals surface area contributed by atoms with Gasteiger partial charge in [0, 0.05) is 18.0 Å². The Morgan fingerprint density at radius 1 is 1.04 bits per heavy atom. The minimum absolute atomic E-state index is 0.145. The monoisotopic (exact) mass is 364 g/mol. The molecule has 0 radical (unpaired) electrons. The molecule has 0 aliphatic carbocycles. The lowest BCUT2D eigenvalue weighted by Crippen LogP contribution is -2.17. The van der Waals surface area contributed by atoms with E-state index in [1.807, 2.05) is 10.8 Å². The number of aromatic nitrogens is 2. The van der Waals surface area contributed by atoms with Gasteiger partial charge in [-0.05, 0) is 35.9 Å². The predicted octanol–water partition coefficient (Wildman–Crippen LogP) is 4.23. The summed E-state index contributed by atoms with van der Waals surface area (Å²) in [4.78, 5) is 3.93. The maximum Gasteiger partial charge on any atom is 0.573 e. The van der Waals surface area contributed by atoms with Gasteiger partial charge in [0.15, 0.2) is 0 Å². The molecule has 0 atom stereocenters. The largest absolute Gasteiger partial charge is 0.573 e. The van der Waals surface area contributed by atoms with E-state index in [9.17, 15) is 18.3 Å². The molecule has 0 bridgehead atoms. The van der Waals surface area contributed by atoms with Crippen LogP contribution in [0.3, 0.4) is 0 Å². The van der Waals surface area contributed by atoms with Gasteiger partial charge in [-0.15, -0.1) is 13.2 Å². The van der Waals surface area contributed by atoms with Crippen LogP contribution >= 0.6 is 0 Å². The number of phenolic OH excluding ortho intramolecular Hbond substituents is 1. The molecule has 3 aromatic rings. The molecule has 26 heavy (non-hydrogen) atoms. The lowest BCUT2D eigenvalue weighted by atomic mass is 10.0. The molecule has 0 aliphatic rings. The van der Waals surface area contributed by atoms with Crippen LogP contribution in [0.1, 0.15) is 0 Å². The van der Waals surface area contributed by atoms with Gasteiger partial charge in [-0.25, -0.2) is 4.98 Å². The van der Waals surface area contributed by atoms with Crippen LogP contribution < -0.4 is 9.47 Å². The maximum absolute atomic E-state index is 12.3. The second kappa shape index (κ2) is 7.38. The minimum Gasteiger partial charge on any atom is -0.507 e. The molecule has 0 amide bonds. The van der Waals surface area contributed by atoms with Gasteiger partial charge in [-0.1, -0.05) is 12.1 Å². The predicted molar refractivity (Wildman–Crippen MR) is 87.9 cm³/mol. The van der Waals surface area contributed by atoms with E-state index < -0.39 is 12.1 Å². The van der Waals surface area contributed by atoms with Gasteiger partial charge in [0.05, 0.1) is 12.9 Å². The normalized spacial score (nSPS) is 11.3. The van der Waals surface area contributed by atoms with Crippen LogP contribution in [0.2, 0.25) is 0 Å². The van der Waals surface area contributed by atoms with E-state index in [1.54, 1.807) is 36.8 Å². The van der Waals surface area contributed by atoms with E-state index in [0.717, 1.165) is 18.2 Å². The van der Waals surface area contributed by atoms with Gasteiger partial charge < -0.3 is 19.1 Å². The number of alkyl halides is 3. The fraction of sp³-hybridized carbons (Fsp3) is 0.167. The highest BCUT2D eigenvalue weighted by atomic mass is 19.4. The average molecular weight is 364 g/mol. The first kappa shape index (κ1) is 17.7. The smallest absolute Gasteiger partial charge is 0.507 e. The average Bonchev–Trinajstić information content (AvgIpc) is 3.10. The Morgan fingerprint density at radius 3 is 2.42 bits per heavy atom. The molecule has 5 nitrogen and oxygen atoms in total. The summed E-state index contributed by atoms with van der Waals surface area (Å²) in [5.74, 6) is 0.0651. The van der Waals surface area contributed by atoms with Crippen LogP contribution in [0.5, 0.6) is 17.2 Å². The van der Waals surface area contributed by atoms with Crippen molar-refractivity contribution in [3.8, 4) is 28.4 Å². The molecule has 136 valence electrons. The van der Waals surface area contributed by atoms with Gasteiger partial charge in [0.2, 0.25) is 0 Å². The highest BCUT2D eigenvalue weighted by Crippen LogP contribution is 2.35. The van der Waals surface area contributed by atoms with Crippen molar-refractivity contribution in [3.05, 3.63) is 61.2 Å². The number of phenols is 1. The topological polar surface area (TPSA) is 56.5 Å². The Morgan fingerprint density at radius 2 is 1.77 bits per heavy atom. The summed E-state index contributed by atoms with van der Waals surface area (Å²) in [7, 11) is 0. The molecule has 0 unspecified atom stereocenters. The van der Waals surface area contributed by atoms with Crippen molar-refractivity contribution in [2.75, 3.05) is 6.61 Å². The Balaban J connectivity index is 1.68. The van der Waals surface area contributed by atoms with E-state index >= 15 is 0 Å². The number of hydrogen-bond donors (Lipinski definition) is 1. The lowest BCUT2D eigenvalue weighted by molar-refractivity contribution is -0.274. The second-order valence-corrected chi connectivity index (χ2v) is 5.40. The summed E-state index contributed by atoms with van der Waals surface area (Å²) >= 11 is 0. The van der Waals surface area contributed by atoms with Crippen molar-refractivity contribution in [3.63, 3.8) is 0 Å². The second-order valence-electron chi connectivity index (χ2n) is 5.40. The van der Waals surface area contributed by atoms with Crippen molar-refractivity contribution in [2.45, 2.75) is 12.9 Å². The molecule has 1 N–H and O–H groups in total. The van der Waals surface area contributed by atoms with Crippen molar-refractivity contribution in [1.29, 1.82) is 0 Å². The first-order chi connectivity index (χ1) is 12.4. The van der Waals surface area contributed by atoms with Crippen LogP contribution in [0.15, 0.2) is 61.2 Å². The number of aromatic hydroxyl groups is 1. The third kappa shape index (κ3) is 4.69. The molecule has 3 rings (SSSR count). The number of hydrogen-bond acceptors (Lipinski definition) is 4. The lowest BCUT2D eigenvalue weighted by Gasteiger charge is -2.12. The summed E-state index contributed by atoms with van der Waals surface area (Å²) in [5.41, 5.74) is 0.772. The van der Waals surface area contributed by atoms with Gasteiger partial charge in [-0.3, -0.25) is 0 Å². The zero-order chi connectivity index (χ0) is 18.6. The summed E-state index contributed by atoms with van der Waals surface area (Å²) < 4.78 is 48.4. The Bertz CT molecular complexity index is 847. The zero-order valence-electron chi connectivity index (χ0n) is 13.5. The van der Waals surface area contributed by atoms with Gasteiger partial charge in [0.1, 0.15) is 23.9 Å². The summed E-state index contributed by atoms with van der Waals surface area (Å²) in [6, 6.07) is 10.0. The van der Waals surface area contributed by atoms with E-state index in [-0.39, 0.29) is 11.3 Å². The number of nitrogens with zero attached hydrogens (tertiary/aromatic N) is 2. The van der Waals surface area contributed by atoms with Gasteiger partial charge in [-0.2, -0.15) is 0 Å². The number of imidazole rings is 1. The molecule has 8 heteroatoms. The Kier molecular flexibility index (Phi) is 5.01. The summed E-state index contributed by atoms with van der Waals surface area (Å²) in [6.45, 7) is 1.08. The molecule has 0 spiro atoms. The quantitative estimate of drug-likeness (QED) is 0.711. The molecule has 1 aromatic heterocycles. The standard InChI is InChI=1S/C18H15F3N2O3/c19-18(20,21)26-15-5-6-17(24)16(11-15)13-1-3-14(4-2-13)25-10-9-23-8-7-22-12-23/h1-8,11-12,24H,9-10H2. The SMILES string of the molecule is Oc1ccc(OC(F)(F)F)cc1-c1ccc(OCCn2ccnc2)cc1. The molecular formula is C18H15F3N2O3. The molecule has 0 saturated heterocycles. The van der Waals surface area contributed by atoms with Gasteiger partial charge >= 0.3 is 6.36 Å². The van der Waals surface area contributed by atoms with Crippen LogP contribution in [-0.4, -0.2) is 27.6 Å².